The summed E-state index contributed by atoms with van der Waals surface area (Å²) in [5.41, 5.74) is 13.6. The summed E-state index contributed by atoms with van der Waals surface area (Å²) in [6.07, 6.45) is 7.90. The molecule has 1 N–H and O–H groups in total. The molecule has 0 atom stereocenters. The van der Waals surface area contributed by atoms with Gasteiger partial charge in [-0.2, -0.15) is 0 Å². The number of aromatic amines is 1. The highest BCUT2D eigenvalue weighted by Gasteiger charge is 2.19. The van der Waals surface area contributed by atoms with E-state index in [0.717, 1.165) is 61.5 Å². The predicted molar refractivity (Wildman–Crippen MR) is 138 cm³/mol. The highest BCUT2D eigenvalue weighted by Crippen LogP contribution is 2.35. The molecule has 0 radical (unpaired) electrons. The summed E-state index contributed by atoms with van der Waals surface area (Å²) in [6.45, 7) is 14.6. The van der Waals surface area contributed by atoms with Gasteiger partial charge in [0.1, 0.15) is 0 Å². The molecule has 4 heteroatoms. The number of H-pyrrole nitrogens is 1. The number of nitrogens with one attached hydrogen (secondary N) is 1. The average Bonchev–Trinajstić information content (AvgIpc) is 3.52. The van der Waals surface area contributed by atoms with E-state index in [1.165, 1.54) is 11.1 Å². The fourth-order valence-electron chi connectivity index (χ4n) is 4.67. The molecule has 0 spiro atoms. The Hall–Kier alpha value is -3.92. The van der Waals surface area contributed by atoms with Crippen LogP contribution in [0.4, 0.5) is 0 Å². The second kappa shape index (κ2) is 7.34. The zero-order chi connectivity index (χ0) is 22.6. The van der Waals surface area contributed by atoms with E-state index in [-0.39, 0.29) is 0 Å². The molecule has 158 valence electrons. The summed E-state index contributed by atoms with van der Waals surface area (Å²) in [5, 5.41) is 0. The second-order valence-corrected chi connectivity index (χ2v) is 8.35. The lowest BCUT2D eigenvalue weighted by Gasteiger charge is -2.04. The average molecular weight is 419 g/mol. The van der Waals surface area contributed by atoms with Gasteiger partial charge in [0.2, 0.25) is 0 Å². The van der Waals surface area contributed by atoms with Crippen LogP contribution in [0.5, 0.6) is 0 Å². The van der Waals surface area contributed by atoms with Gasteiger partial charge in [0, 0.05) is 29.2 Å². The fourth-order valence-corrected chi connectivity index (χ4v) is 4.67. The van der Waals surface area contributed by atoms with E-state index in [1.807, 2.05) is 24.3 Å². The largest absolute Gasteiger partial charge is 0.355 e. The summed E-state index contributed by atoms with van der Waals surface area (Å²) >= 11 is 0. The SMILES string of the molecule is C=Cc1c(C=C)c2c(C)c3nc(cc4ccc(cc5nc(cc1n2C)C=C5)[nH]4)C(C)=C3C. The Morgan fingerprint density at radius 1 is 0.844 bits per heavy atom. The summed E-state index contributed by atoms with van der Waals surface area (Å²) in [4.78, 5) is 13.3. The van der Waals surface area contributed by atoms with Crippen LogP contribution in [0.2, 0.25) is 0 Å². The summed E-state index contributed by atoms with van der Waals surface area (Å²) in [7, 11) is 2.09. The molecule has 2 aliphatic heterocycles. The van der Waals surface area contributed by atoms with Gasteiger partial charge in [-0.3, -0.25) is 0 Å². The maximum Gasteiger partial charge on any atom is 0.0719 e. The van der Waals surface area contributed by atoms with Crippen molar-refractivity contribution < 1.29 is 0 Å². The summed E-state index contributed by atoms with van der Waals surface area (Å²) in [5.74, 6) is 0. The standard InChI is InChI=1S/C28H26N4/c1-7-23-24(8-2)28-18(5)27-17(4)16(3)25(31-27)14-21-11-9-19(29-21)13-20-10-12-22(30-20)15-26(23)32(28)6/h7-15,29H,1-2H2,3-6H3. The van der Waals surface area contributed by atoms with Gasteiger partial charge in [-0.05, 0) is 80.0 Å². The van der Waals surface area contributed by atoms with Crippen molar-refractivity contribution in [3.8, 4) is 0 Å². The van der Waals surface area contributed by atoms with Crippen molar-refractivity contribution >= 4 is 57.5 Å². The molecule has 0 saturated carbocycles. The predicted octanol–water partition coefficient (Wildman–Crippen LogP) is 7.04. The first-order valence-electron chi connectivity index (χ1n) is 10.7. The third-order valence-electron chi connectivity index (χ3n) is 6.47. The maximum atomic E-state index is 5.05. The minimum absolute atomic E-state index is 0.908. The van der Waals surface area contributed by atoms with Crippen LogP contribution in [0.3, 0.4) is 0 Å². The Bertz CT molecular complexity index is 1540. The summed E-state index contributed by atoms with van der Waals surface area (Å²) < 4.78 is 2.20. The van der Waals surface area contributed by atoms with E-state index >= 15 is 0 Å². The Labute approximate surface area is 188 Å². The van der Waals surface area contributed by atoms with Gasteiger partial charge in [0.05, 0.1) is 33.8 Å². The van der Waals surface area contributed by atoms with E-state index in [4.69, 9.17) is 9.97 Å². The molecule has 3 aromatic rings. The van der Waals surface area contributed by atoms with Gasteiger partial charge in [-0.15, -0.1) is 0 Å². The number of fused-ring (bicyclic) bond motifs is 8. The molecule has 0 aromatic carbocycles. The van der Waals surface area contributed by atoms with Crippen LogP contribution in [0.1, 0.15) is 53.3 Å². The van der Waals surface area contributed by atoms with Crippen LogP contribution in [0.25, 0.3) is 57.5 Å². The molecule has 8 bridgehead atoms. The monoisotopic (exact) mass is 418 g/mol. The summed E-state index contributed by atoms with van der Waals surface area (Å²) in [6, 6.07) is 10.4. The van der Waals surface area contributed by atoms with Crippen molar-refractivity contribution in [2.75, 3.05) is 0 Å². The number of aryl methyl sites for hydroxylation is 2. The quantitative estimate of drug-likeness (QED) is 0.379. The van der Waals surface area contributed by atoms with Crippen LogP contribution in [0.15, 0.2) is 43.5 Å². The van der Waals surface area contributed by atoms with Crippen molar-refractivity contribution in [2.45, 2.75) is 20.8 Å². The Morgan fingerprint density at radius 3 is 2.19 bits per heavy atom. The Morgan fingerprint density at radius 2 is 1.50 bits per heavy atom. The lowest BCUT2D eigenvalue weighted by Crippen LogP contribution is -1.93. The molecule has 2 aliphatic rings. The molecule has 0 saturated heterocycles. The third kappa shape index (κ3) is 2.99. The van der Waals surface area contributed by atoms with Crippen molar-refractivity contribution in [3.63, 3.8) is 0 Å². The van der Waals surface area contributed by atoms with Crippen LogP contribution >= 0.6 is 0 Å². The molecule has 4 nitrogen and oxygen atoms in total. The van der Waals surface area contributed by atoms with Crippen molar-refractivity contribution in [1.29, 1.82) is 0 Å². The van der Waals surface area contributed by atoms with E-state index in [2.05, 4.69) is 80.9 Å². The molecule has 3 aromatic heterocycles. The first-order valence-corrected chi connectivity index (χ1v) is 10.7. The smallest absolute Gasteiger partial charge is 0.0719 e. The molecular weight excluding hydrogens is 392 g/mol. The van der Waals surface area contributed by atoms with Gasteiger partial charge < -0.3 is 9.55 Å². The highest BCUT2D eigenvalue weighted by molar-refractivity contribution is 5.96. The van der Waals surface area contributed by atoms with E-state index < -0.39 is 0 Å². The topological polar surface area (TPSA) is 46.5 Å². The molecule has 0 fully saturated rings. The number of allylic oxidation sites excluding steroid dienone is 2. The Balaban J connectivity index is 2.04. The van der Waals surface area contributed by atoms with Gasteiger partial charge >= 0.3 is 0 Å². The third-order valence-corrected chi connectivity index (χ3v) is 6.47. The van der Waals surface area contributed by atoms with E-state index in [0.29, 0.717) is 0 Å². The molecule has 0 amide bonds. The van der Waals surface area contributed by atoms with Crippen molar-refractivity contribution in [1.82, 2.24) is 19.5 Å². The zero-order valence-electron chi connectivity index (χ0n) is 19.0. The van der Waals surface area contributed by atoms with Crippen LogP contribution in [-0.4, -0.2) is 19.5 Å². The van der Waals surface area contributed by atoms with Crippen molar-refractivity contribution in [3.05, 3.63) is 83.0 Å². The van der Waals surface area contributed by atoms with Crippen LogP contribution in [0, 0.1) is 6.92 Å². The van der Waals surface area contributed by atoms with E-state index in [1.54, 1.807) is 0 Å². The van der Waals surface area contributed by atoms with Gasteiger partial charge in [-0.25, -0.2) is 9.97 Å². The number of nitrogens with zero attached hydrogens (tertiary/aromatic N) is 3. The second-order valence-electron chi connectivity index (χ2n) is 8.35. The fraction of sp³-hybridized carbons (Fsp3) is 0.143. The molecule has 32 heavy (non-hydrogen) atoms. The molecular formula is C28H26N4. The number of aromatic nitrogens is 4. The highest BCUT2D eigenvalue weighted by atomic mass is 14.9. The first kappa shape index (κ1) is 20.0. The normalized spacial score (nSPS) is 13.0. The van der Waals surface area contributed by atoms with Crippen LogP contribution < -0.4 is 0 Å². The molecule has 5 heterocycles. The Kier molecular flexibility index (Phi) is 4.59. The van der Waals surface area contributed by atoms with E-state index in [9.17, 15) is 0 Å². The molecule has 0 aliphatic carbocycles. The van der Waals surface area contributed by atoms with Gasteiger partial charge in [-0.1, -0.05) is 25.3 Å². The zero-order valence-corrected chi connectivity index (χ0v) is 19.0. The first-order chi connectivity index (χ1) is 15.4. The minimum Gasteiger partial charge on any atom is -0.355 e. The number of hydrogen-bond donors (Lipinski definition) is 1. The maximum absolute atomic E-state index is 5.05. The minimum atomic E-state index is 0.908. The molecule has 0 unspecified atom stereocenters. The lowest BCUT2D eigenvalue weighted by atomic mass is 10.0. The van der Waals surface area contributed by atoms with Crippen LogP contribution in [-0.2, 0) is 7.05 Å². The molecule has 5 rings (SSSR count). The lowest BCUT2D eigenvalue weighted by molar-refractivity contribution is 1.00. The van der Waals surface area contributed by atoms with Gasteiger partial charge in [0.15, 0.2) is 0 Å². The number of rotatable bonds is 2. The number of hydrogen-bond acceptors (Lipinski definition) is 2. The van der Waals surface area contributed by atoms with Gasteiger partial charge in [0.25, 0.3) is 0 Å². The van der Waals surface area contributed by atoms with Crippen molar-refractivity contribution in [2.24, 2.45) is 7.05 Å².